The van der Waals surface area contributed by atoms with Crippen molar-refractivity contribution in [2.45, 2.75) is 85.5 Å². The fraction of sp³-hybridized carbons (Fsp3) is 0.955. The van der Waals surface area contributed by atoms with Crippen molar-refractivity contribution in [2.75, 3.05) is 0 Å². The molecule has 0 aromatic heterocycles. The van der Waals surface area contributed by atoms with Gasteiger partial charge in [-0.1, -0.05) is 33.6 Å². The Morgan fingerprint density at radius 3 is 2.43 bits per heavy atom. The van der Waals surface area contributed by atoms with Crippen LogP contribution in [0.15, 0.2) is 0 Å². The van der Waals surface area contributed by atoms with Crippen LogP contribution in [0.2, 0.25) is 0 Å². The zero-order valence-electron chi connectivity index (χ0n) is 15.7. The van der Waals surface area contributed by atoms with Gasteiger partial charge in [-0.05, 0) is 92.3 Å². The maximum Gasteiger partial charge on any atom is 0.133 e. The third-order valence-electron chi connectivity index (χ3n) is 9.36. The van der Waals surface area contributed by atoms with Gasteiger partial charge >= 0.3 is 0 Å². The third kappa shape index (κ3) is 2.13. The fourth-order valence-corrected chi connectivity index (χ4v) is 8.52. The standard InChI is InChI=1S/C22H36O/c1-14-13-19-17-9-8-16-7-5-6-11-21(16,3)18(17)10-12-22(19,4)20(14)15(2)23/h14,16-20H,5-13H2,1-4H3/t14-,16-,17-,18-,19-,20+,21+,22-/m1/s1. The third-order valence-corrected chi connectivity index (χ3v) is 9.36. The maximum absolute atomic E-state index is 12.4. The average Bonchev–Trinajstić information content (AvgIpc) is 2.77. The van der Waals surface area contributed by atoms with E-state index in [1.807, 2.05) is 6.92 Å². The molecular formula is C22H36O. The number of rotatable bonds is 1. The van der Waals surface area contributed by atoms with Gasteiger partial charge in [0.15, 0.2) is 0 Å². The van der Waals surface area contributed by atoms with E-state index in [0.29, 0.717) is 28.4 Å². The first kappa shape index (κ1) is 16.2. The molecule has 23 heavy (non-hydrogen) atoms. The first-order chi connectivity index (χ1) is 10.9. The van der Waals surface area contributed by atoms with E-state index in [9.17, 15) is 4.79 Å². The molecule has 130 valence electrons. The Bertz CT molecular complexity index is 496. The van der Waals surface area contributed by atoms with Gasteiger partial charge in [0.1, 0.15) is 5.78 Å². The van der Waals surface area contributed by atoms with Crippen LogP contribution >= 0.6 is 0 Å². The number of carbonyl (C=O) groups is 1. The van der Waals surface area contributed by atoms with Crippen molar-refractivity contribution in [3.8, 4) is 0 Å². The van der Waals surface area contributed by atoms with Crippen LogP contribution in [0.4, 0.5) is 0 Å². The normalized spacial score (nSPS) is 55.7. The summed E-state index contributed by atoms with van der Waals surface area (Å²) in [6.07, 6.45) is 12.9. The number of fused-ring (bicyclic) bond motifs is 5. The topological polar surface area (TPSA) is 17.1 Å². The number of carbonyl (C=O) groups excluding carboxylic acids is 1. The molecule has 0 heterocycles. The summed E-state index contributed by atoms with van der Waals surface area (Å²) in [7, 11) is 0. The highest BCUT2D eigenvalue weighted by Crippen LogP contribution is 2.68. The van der Waals surface area contributed by atoms with Gasteiger partial charge in [-0.25, -0.2) is 0 Å². The molecule has 0 aliphatic heterocycles. The fourth-order valence-electron chi connectivity index (χ4n) is 8.52. The highest BCUT2D eigenvalue weighted by atomic mass is 16.1. The molecule has 0 aromatic rings. The summed E-state index contributed by atoms with van der Waals surface area (Å²) in [5.41, 5.74) is 0.935. The van der Waals surface area contributed by atoms with Gasteiger partial charge < -0.3 is 0 Å². The Labute approximate surface area is 143 Å². The van der Waals surface area contributed by atoms with Crippen LogP contribution in [-0.4, -0.2) is 5.78 Å². The Morgan fingerprint density at radius 2 is 1.70 bits per heavy atom. The monoisotopic (exact) mass is 316 g/mol. The molecule has 0 amide bonds. The van der Waals surface area contributed by atoms with Crippen LogP contribution in [0.1, 0.15) is 85.5 Å². The second-order valence-corrected chi connectivity index (χ2v) is 10.2. The molecule has 4 fully saturated rings. The Morgan fingerprint density at radius 1 is 0.913 bits per heavy atom. The van der Waals surface area contributed by atoms with Crippen LogP contribution in [-0.2, 0) is 4.79 Å². The molecule has 0 aromatic carbocycles. The molecule has 4 aliphatic carbocycles. The molecule has 8 atom stereocenters. The van der Waals surface area contributed by atoms with Crippen molar-refractivity contribution in [1.29, 1.82) is 0 Å². The van der Waals surface area contributed by atoms with Crippen molar-refractivity contribution in [3.05, 3.63) is 0 Å². The first-order valence-corrected chi connectivity index (χ1v) is 10.4. The van der Waals surface area contributed by atoms with Crippen molar-refractivity contribution in [3.63, 3.8) is 0 Å². The molecule has 0 spiro atoms. The van der Waals surface area contributed by atoms with Gasteiger partial charge in [0, 0.05) is 5.92 Å². The summed E-state index contributed by atoms with van der Waals surface area (Å²) in [6.45, 7) is 9.36. The number of hydrogen-bond donors (Lipinski definition) is 0. The van der Waals surface area contributed by atoms with Crippen LogP contribution in [0.25, 0.3) is 0 Å². The molecule has 0 N–H and O–H groups in total. The molecule has 0 saturated heterocycles. The number of ketones is 1. The predicted molar refractivity (Wildman–Crippen MR) is 95.1 cm³/mol. The van der Waals surface area contributed by atoms with E-state index in [-0.39, 0.29) is 0 Å². The van der Waals surface area contributed by atoms with Crippen molar-refractivity contribution in [1.82, 2.24) is 0 Å². The zero-order valence-corrected chi connectivity index (χ0v) is 15.7. The minimum absolute atomic E-state index is 0.310. The van der Waals surface area contributed by atoms with E-state index < -0.39 is 0 Å². The molecule has 4 rings (SSSR count). The molecule has 0 radical (unpaired) electrons. The molecule has 0 bridgehead atoms. The lowest BCUT2D eigenvalue weighted by atomic mass is 9.45. The molecule has 0 unspecified atom stereocenters. The van der Waals surface area contributed by atoms with Crippen molar-refractivity contribution in [2.24, 2.45) is 46.3 Å². The highest BCUT2D eigenvalue weighted by molar-refractivity contribution is 5.80. The van der Waals surface area contributed by atoms with Crippen LogP contribution in [0.5, 0.6) is 0 Å². The quantitative estimate of drug-likeness (QED) is 0.591. The Kier molecular flexibility index (Phi) is 3.75. The van der Waals surface area contributed by atoms with E-state index in [0.717, 1.165) is 23.7 Å². The van der Waals surface area contributed by atoms with Crippen molar-refractivity contribution < 1.29 is 4.79 Å². The summed E-state index contributed by atoms with van der Waals surface area (Å²) in [5, 5.41) is 0. The molecular weight excluding hydrogens is 280 g/mol. The van der Waals surface area contributed by atoms with Crippen LogP contribution < -0.4 is 0 Å². The minimum Gasteiger partial charge on any atom is -0.300 e. The van der Waals surface area contributed by atoms with Gasteiger partial charge in [-0.15, -0.1) is 0 Å². The summed E-state index contributed by atoms with van der Waals surface area (Å²) in [5.74, 6) is 5.12. The van der Waals surface area contributed by atoms with E-state index in [4.69, 9.17) is 0 Å². The van der Waals surface area contributed by atoms with Crippen molar-refractivity contribution >= 4 is 5.78 Å². The van der Waals surface area contributed by atoms with Gasteiger partial charge in [0.05, 0.1) is 0 Å². The number of hydrogen-bond acceptors (Lipinski definition) is 1. The molecule has 4 aliphatic rings. The second-order valence-electron chi connectivity index (χ2n) is 10.2. The molecule has 1 heteroatoms. The van der Waals surface area contributed by atoms with Crippen LogP contribution in [0, 0.1) is 46.3 Å². The molecule has 4 saturated carbocycles. The summed E-state index contributed by atoms with van der Waals surface area (Å²) < 4.78 is 0. The smallest absolute Gasteiger partial charge is 0.133 e. The summed E-state index contributed by atoms with van der Waals surface area (Å²) in [4.78, 5) is 12.4. The first-order valence-electron chi connectivity index (χ1n) is 10.4. The van der Waals surface area contributed by atoms with Gasteiger partial charge in [-0.3, -0.25) is 4.79 Å². The average molecular weight is 317 g/mol. The van der Waals surface area contributed by atoms with E-state index in [1.54, 1.807) is 0 Å². The Balaban J connectivity index is 1.66. The van der Waals surface area contributed by atoms with E-state index >= 15 is 0 Å². The lowest BCUT2D eigenvalue weighted by Gasteiger charge is -2.60. The van der Waals surface area contributed by atoms with Gasteiger partial charge in [-0.2, -0.15) is 0 Å². The van der Waals surface area contributed by atoms with E-state index in [1.165, 1.54) is 57.8 Å². The van der Waals surface area contributed by atoms with Gasteiger partial charge in [0.25, 0.3) is 0 Å². The lowest BCUT2D eigenvalue weighted by molar-refractivity contribution is -0.134. The summed E-state index contributed by atoms with van der Waals surface area (Å²) in [6, 6.07) is 0. The van der Waals surface area contributed by atoms with E-state index in [2.05, 4.69) is 20.8 Å². The highest BCUT2D eigenvalue weighted by Gasteiger charge is 2.61. The minimum atomic E-state index is 0.310. The maximum atomic E-state index is 12.4. The number of Topliss-reactive ketones (excluding diaryl/α,β-unsaturated/α-hetero) is 1. The largest absolute Gasteiger partial charge is 0.300 e. The lowest BCUT2D eigenvalue weighted by Crippen LogP contribution is -2.53. The summed E-state index contributed by atoms with van der Waals surface area (Å²) >= 11 is 0. The second kappa shape index (κ2) is 5.33. The molecule has 1 nitrogen and oxygen atoms in total. The van der Waals surface area contributed by atoms with Crippen LogP contribution in [0.3, 0.4) is 0 Å². The SMILES string of the molecule is CC(=O)[C@@H]1[C@H](C)C[C@@H]2[C@@H]3CC[C@H]4CCCC[C@]4(C)[C@@H]3CC[C@]21C. The predicted octanol–water partition coefficient (Wildman–Crippen LogP) is 5.87. The zero-order chi connectivity index (χ0) is 16.4. The Hall–Kier alpha value is -0.330. The van der Waals surface area contributed by atoms with Gasteiger partial charge in [0.2, 0.25) is 0 Å².